The predicted octanol–water partition coefficient (Wildman–Crippen LogP) is -7.21. The standard InChI is InChI=1S/C77H123N23O23/c1-37(2)32-51(94-70(117)52(34-42-16-10-9-11-17-42)95-65(112)47(19-14-30-86-76(82)83)92-72(119)59(38(3)4)98-68(115)48(20-15-31-87-77(84)85)90-63(110)45(79)33-43-21-23-44(102)24-22-43)69(116)88-40(7)62(109)89-46(18-12-13-29-78)64(111)91-50(26-28-57(105)106)66(113)96-53(35-56(81)104)71(118)99-60(39(5)6)73(120)100-61(41(8)101)74(121)93-49(25-27-55(80)103)67(114)97-54(75(122)123)36-58(107)108/h9-11,16-17,21-24,37-41,45-54,59-61,101-102H,12-15,18-20,25-36,78-79H2,1-8H3,(H2,80,103)(H2,81,104)(H,88,116)(H,89,109)(H,90,110)(H,91,111)(H,92,119)(H,93,121)(H,94,117)(H,95,112)(H,96,113)(H,97,114)(H,98,115)(H,99,118)(H,100,120)(H,105,106)(H,107,108)(H,122,123)(H4,82,83,86)(H4,84,85,87)/t40-,41+,45-,46-,47-,48-,49-,50-,51-,52-,53-,54-,59-,60-,61-/m0/s1. The molecule has 46 nitrogen and oxygen atoms in total. The molecule has 684 valence electrons. The number of aliphatic hydroxyl groups excluding tert-OH is 1. The molecule has 15 atom stereocenters. The number of phenolic OH excluding ortho intramolecular Hbond substituents is 1. The number of phenols is 1. The highest BCUT2D eigenvalue weighted by atomic mass is 16.4. The molecule has 0 aliphatic heterocycles. The molecule has 2 rings (SSSR count). The highest BCUT2D eigenvalue weighted by Gasteiger charge is 2.40. The van der Waals surface area contributed by atoms with E-state index in [1.807, 2.05) is 5.32 Å². The highest BCUT2D eigenvalue weighted by Crippen LogP contribution is 2.17. The van der Waals surface area contributed by atoms with E-state index in [1.54, 1.807) is 70.2 Å². The van der Waals surface area contributed by atoms with E-state index in [4.69, 9.17) is 50.3 Å². The summed E-state index contributed by atoms with van der Waals surface area (Å²) in [7, 11) is 0. The number of unbranched alkanes of at least 4 members (excludes halogenated alkanes) is 1. The number of rotatable bonds is 58. The highest BCUT2D eigenvalue weighted by molar-refractivity contribution is 6.01. The summed E-state index contributed by atoms with van der Waals surface area (Å²) < 4.78 is 0. The number of carbonyl (C=O) groups is 18. The Bertz CT molecular complexity index is 3970. The second-order valence-corrected chi connectivity index (χ2v) is 30.6. The fourth-order valence-electron chi connectivity index (χ4n) is 12.0. The normalized spacial score (nSPS) is 14.7. The number of amides is 15. The van der Waals surface area contributed by atoms with E-state index >= 15 is 0 Å². The fraction of sp³-hybridized carbons (Fsp3) is 0.584. The molecule has 0 spiro atoms. The Morgan fingerprint density at radius 1 is 0.374 bits per heavy atom. The Balaban J connectivity index is 2.53. The number of carbonyl (C=O) groups excluding carboxylic acids is 15. The minimum Gasteiger partial charge on any atom is -0.508 e. The third kappa shape index (κ3) is 41.3. The van der Waals surface area contributed by atoms with Crippen LogP contribution in [0.3, 0.4) is 0 Å². The van der Waals surface area contributed by atoms with Gasteiger partial charge < -0.3 is 140 Å². The van der Waals surface area contributed by atoms with Crippen LogP contribution in [-0.4, -0.2) is 254 Å². The second-order valence-electron chi connectivity index (χ2n) is 30.6. The first kappa shape index (κ1) is 106. The van der Waals surface area contributed by atoms with E-state index in [-0.39, 0.29) is 101 Å². The fourth-order valence-corrected chi connectivity index (χ4v) is 12.0. The van der Waals surface area contributed by atoms with Crippen molar-refractivity contribution >= 4 is 118 Å². The third-order valence-electron chi connectivity index (χ3n) is 18.7. The van der Waals surface area contributed by atoms with Gasteiger partial charge in [0.25, 0.3) is 0 Å². The van der Waals surface area contributed by atoms with Crippen LogP contribution in [0.25, 0.3) is 0 Å². The summed E-state index contributed by atoms with van der Waals surface area (Å²) in [4.78, 5) is 244. The van der Waals surface area contributed by atoms with Crippen LogP contribution in [0.1, 0.15) is 156 Å². The van der Waals surface area contributed by atoms with Crippen molar-refractivity contribution in [1.29, 1.82) is 10.8 Å². The number of carboxylic acid groups (broad SMARTS) is 3. The van der Waals surface area contributed by atoms with Crippen molar-refractivity contribution in [3.05, 3.63) is 65.7 Å². The van der Waals surface area contributed by atoms with Crippen molar-refractivity contribution in [2.75, 3.05) is 19.6 Å². The number of primary amides is 2. The summed E-state index contributed by atoms with van der Waals surface area (Å²) in [6.07, 6.45) is -6.75. The number of hydrogen-bond acceptors (Lipinski definition) is 24. The molecule has 46 heteroatoms. The zero-order chi connectivity index (χ0) is 93.1. The van der Waals surface area contributed by atoms with Crippen molar-refractivity contribution < 1.29 is 112 Å². The maximum Gasteiger partial charge on any atom is 0.326 e. The molecule has 34 N–H and O–H groups in total. The van der Waals surface area contributed by atoms with Crippen molar-refractivity contribution in [2.45, 2.75) is 249 Å². The zero-order valence-corrected chi connectivity index (χ0v) is 70.1. The molecule has 2 aromatic rings. The van der Waals surface area contributed by atoms with E-state index in [0.717, 1.165) is 6.92 Å². The molecule has 0 saturated carbocycles. The molecular weight excluding hydrogens is 1610 g/mol. The molecule has 0 aromatic heterocycles. The van der Waals surface area contributed by atoms with Crippen LogP contribution in [0.4, 0.5) is 0 Å². The first-order valence-corrected chi connectivity index (χ1v) is 39.9. The average Bonchev–Trinajstić information content (AvgIpc) is 0.846. The number of aliphatic carboxylic acids is 3. The van der Waals surface area contributed by atoms with Gasteiger partial charge in [-0.1, -0.05) is 84.0 Å². The van der Waals surface area contributed by atoms with Gasteiger partial charge in [0.2, 0.25) is 88.6 Å². The van der Waals surface area contributed by atoms with E-state index in [2.05, 4.69) is 74.4 Å². The molecule has 0 heterocycles. The third-order valence-corrected chi connectivity index (χ3v) is 18.7. The van der Waals surface area contributed by atoms with Crippen LogP contribution in [-0.2, 0) is 99.1 Å². The lowest BCUT2D eigenvalue weighted by molar-refractivity contribution is -0.147. The maximum atomic E-state index is 14.8. The molecule has 0 unspecified atom stereocenters. The number of nitrogens with one attached hydrogen (secondary N) is 17. The quantitative estimate of drug-likeness (QED) is 0.0166. The van der Waals surface area contributed by atoms with Gasteiger partial charge in [0.05, 0.1) is 25.0 Å². The molecule has 0 saturated heterocycles. The van der Waals surface area contributed by atoms with Gasteiger partial charge in [0, 0.05) is 32.4 Å². The lowest BCUT2D eigenvalue weighted by atomic mass is 9.99. The largest absolute Gasteiger partial charge is 0.508 e. The number of carboxylic acids is 3. The molecule has 0 bridgehead atoms. The lowest BCUT2D eigenvalue weighted by Gasteiger charge is -2.29. The van der Waals surface area contributed by atoms with Crippen LogP contribution in [0.2, 0.25) is 0 Å². The lowest BCUT2D eigenvalue weighted by Crippen LogP contribution is -2.62. The van der Waals surface area contributed by atoms with Gasteiger partial charge in [0.15, 0.2) is 11.9 Å². The summed E-state index contributed by atoms with van der Waals surface area (Å²) in [5.74, 6) is -23.8. The van der Waals surface area contributed by atoms with E-state index in [9.17, 15) is 107 Å². The van der Waals surface area contributed by atoms with Gasteiger partial charge in [-0.2, -0.15) is 0 Å². The molecule has 0 fully saturated rings. The molecule has 0 radical (unpaired) electrons. The molecule has 0 aliphatic carbocycles. The van der Waals surface area contributed by atoms with E-state index < -0.39 is 254 Å². The number of benzene rings is 2. The van der Waals surface area contributed by atoms with Crippen molar-refractivity contribution in [3.8, 4) is 5.75 Å². The Morgan fingerprint density at radius 3 is 1.20 bits per heavy atom. The Hall–Kier alpha value is -12.9. The molecular formula is C77H123N23O23. The zero-order valence-electron chi connectivity index (χ0n) is 70.1. The van der Waals surface area contributed by atoms with Gasteiger partial charge in [0.1, 0.15) is 84.3 Å². The van der Waals surface area contributed by atoms with Gasteiger partial charge >= 0.3 is 17.9 Å². The Kier molecular flexibility index (Phi) is 47.0. The Labute approximate surface area is 710 Å². The van der Waals surface area contributed by atoms with Gasteiger partial charge in [-0.15, -0.1) is 0 Å². The molecule has 123 heavy (non-hydrogen) atoms. The van der Waals surface area contributed by atoms with Crippen LogP contribution in [0, 0.1) is 28.6 Å². The van der Waals surface area contributed by atoms with Crippen LogP contribution < -0.4 is 114 Å². The number of nitrogens with two attached hydrogens (primary N) is 6. The summed E-state index contributed by atoms with van der Waals surface area (Å²) in [5, 5.41) is 101. The number of hydrogen-bond donors (Lipinski definition) is 28. The van der Waals surface area contributed by atoms with Crippen molar-refractivity contribution in [2.24, 2.45) is 52.2 Å². The van der Waals surface area contributed by atoms with E-state index in [1.165, 1.54) is 32.9 Å². The van der Waals surface area contributed by atoms with Crippen molar-refractivity contribution in [1.82, 2.24) is 79.8 Å². The first-order chi connectivity index (χ1) is 57.6. The maximum absolute atomic E-state index is 14.8. The Morgan fingerprint density at radius 2 is 0.756 bits per heavy atom. The minimum absolute atomic E-state index is 0.0113. The monoisotopic (exact) mass is 1740 g/mol. The smallest absolute Gasteiger partial charge is 0.326 e. The minimum atomic E-state index is -2.03. The van der Waals surface area contributed by atoms with Crippen LogP contribution in [0.15, 0.2) is 54.6 Å². The average molecular weight is 1740 g/mol. The molecule has 15 amide bonds. The van der Waals surface area contributed by atoms with Crippen LogP contribution in [0.5, 0.6) is 5.75 Å². The summed E-state index contributed by atoms with van der Waals surface area (Å²) in [5.41, 5.74) is 34.9. The topological polar surface area (TPSA) is 793 Å². The molecule has 0 aliphatic rings. The van der Waals surface area contributed by atoms with Crippen molar-refractivity contribution in [3.63, 3.8) is 0 Å². The van der Waals surface area contributed by atoms with Gasteiger partial charge in [-0.25, -0.2) is 4.79 Å². The number of aromatic hydroxyl groups is 1. The van der Waals surface area contributed by atoms with Crippen LogP contribution >= 0.6 is 0 Å². The van der Waals surface area contributed by atoms with E-state index in [0.29, 0.717) is 11.1 Å². The first-order valence-electron chi connectivity index (χ1n) is 39.9. The summed E-state index contributed by atoms with van der Waals surface area (Å²) >= 11 is 0. The van der Waals surface area contributed by atoms with Gasteiger partial charge in [-0.3, -0.25) is 92.3 Å². The summed E-state index contributed by atoms with van der Waals surface area (Å²) in [6, 6.07) is -8.74. The molecule has 2 aromatic carbocycles. The SMILES string of the molecule is CC(C)C[C@H](NC(=O)[C@H](Cc1ccccc1)NC(=O)[C@H](CCCNC(=N)N)NC(=O)[C@@H](NC(=O)[C@H](CCCNC(=N)N)NC(=O)[C@@H](N)Cc1ccc(O)cc1)C(C)C)C(=O)N[C@@H](C)C(=O)N[C@@H](CCCCN)C(=O)N[C@@H](CCC(=O)O)C(=O)N[C@@H](CC(N)=O)C(=O)N[C@H](C(=O)N[C@H](C(=O)N[C@@H](CCC(N)=O)C(=O)N[C@@H](CC(=O)O)C(=O)O)[C@@H](C)O)C(C)C. The number of aliphatic hydroxyl groups is 1. The van der Waals surface area contributed by atoms with Gasteiger partial charge in [-0.05, 0) is 132 Å². The second kappa shape index (κ2) is 54.4. The summed E-state index contributed by atoms with van der Waals surface area (Å²) in [6.45, 7) is 11.8. The number of guanidine groups is 2. The predicted molar refractivity (Wildman–Crippen MR) is 442 cm³/mol.